The summed E-state index contributed by atoms with van der Waals surface area (Å²) in [6.45, 7) is 4.89. The van der Waals surface area contributed by atoms with Crippen molar-refractivity contribution >= 4 is 19.9 Å². The van der Waals surface area contributed by atoms with Crippen LogP contribution in [0.1, 0.15) is 0 Å². The standard InChI is InChI=1S/C5H13BN2S/c1-9-8-4-2-7(6)3-5-8/h2-6H2,1H3. The Morgan fingerprint density at radius 1 is 1.22 bits per heavy atom. The van der Waals surface area contributed by atoms with E-state index in [9.17, 15) is 0 Å². The predicted molar refractivity (Wildman–Crippen MR) is 45.2 cm³/mol. The summed E-state index contributed by atoms with van der Waals surface area (Å²) in [5.74, 6) is 0. The van der Waals surface area contributed by atoms with E-state index in [-0.39, 0.29) is 0 Å². The highest BCUT2D eigenvalue weighted by atomic mass is 32.2. The van der Waals surface area contributed by atoms with Crippen LogP contribution in [0.2, 0.25) is 0 Å². The van der Waals surface area contributed by atoms with Crippen molar-refractivity contribution in [2.24, 2.45) is 0 Å². The monoisotopic (exact) mass is 144 g/mol. The summed E-state index contributed by atoms with van der Waals surface area (Å²) in [4.78, 5) is 2.37. The lowest BCUT2D eigenvalue weighted by molar-refractivity contribution is 0.300. The van der Waals surface area contributed by atoms with Crippen LogP contribution in [0.5, 0.6) is 0 Å². The summed E-state index contributed by atoms with van der Waals surface area (Å²) in [5, 5.41) is 0. The van der Waals surface area contributed by atoms with Gasteiger partial charge in [0.2, 0.25) is 0 Å². The van der Waals surface area contributed by atoms with E-state index >= 15 is 0 Å². The summed E-state index contributed by atoms with van der Waals surface area (Å²) in [6.07, 6.45) is 2.14. The predicted octanol–water partition coefficient (Wildman–Crippen LogP) is -0.570. The molecule has 1 fully saturated rings. The highest BCUT2D eigenvalue weighted by molar-refractivity contribution is 7.96. The van der Waals surface area contributed by atoms with E-state index in [1.54, 1.807) is 0 Å². The smallest absolute Gasteiger partial charge is 0.185 e. The van der Waals surface area contributed by atoms with Crippen LogP contribution in [0.4, 0.5) is 0 Å². The second kappa shape index (κ2) is 3.49. The zero-order valence-corrected chi connectivity index (χ0v) is 6.95. The van der Waals surface area contributed by atoms with Crippen molar-refractivity contribution in [2.45, 2.75) is 0 Å². The molecule has 1 saturated heterocycles. The van der Waals surface area contributed by atoms with Gasteiger partial charge >= 0.3 is 0 Å². The molecule has 0 bridgehead atoms. The maximum absolute atomic E-state index is 2.40. The SMILES string of the molecule is BN1CCN(SC)CC1. The minimum atomic E-state index is 1.22. The molecule has 0 amide bonds. The Morgan fingerprint density at radius 3 is 2.22 bits per heavy atom. The van der Waals surface area contributed by atoms with E-state index in [1.165, 1.54) is 26.2 Å². The van der Waals surface area contributed by atoms with Gasteiger partial charge in [-0.2, -0.15) is 0 Å². The normalized spacial score (nSPS) is 24.6. The maximum Gasteiger partial charge on any atom is 0.185 e. The summed E-state index contributed by atoms with van der Waals surface area (Å²) < 4.78 is 2.40. The maximum atomic E-state index is 2.40. The first kappa shape index (κ1) is 7.44. The average molecular weight is 144 g/mol. The van der Waals surface area contributed by atoms with Crippen LogP contribution < -0.4 is 0 Å². The molecule has 2 nitrogen and oxygen atoms in total. The first-order valence-corrected chi connectivity index (χ1v) is 4.48. The lowest BCUT2D eigenvalue weighted by Gasteiger charge is -2.30. The van der Waals surface area contributed by atoms with Gasteiger partial charge in [-0.1, -0.05) is 11.9 Å². The quantitative estimate of drug-likeness (QED) is 0.359. The van der Waals surface area contributed by atoms with Crippen molar-refractivity contribution in [2.75, 3.05) is 32.4 Å². The minimum Gasteiger partial charge on any atom is -0.346 e. The molecular formula is C5H13BN2S. The number of hydrogen-bond acceptors (Lipinski definition) is 3. The Kier molecular flexibility index (Phi) is 2.89. The molecule has 4 heteroatoms. The Bertz CT molecular complexity index is 83.0. The third-order valence-electron chi connectivity index (χ3n) is 1.72. The van der Waals surface area contributed by atoms with E-state index in [0.717, 1.165) is 0 Å². The van der Waals surface area contributed by atoms with Crippen LogP contribution in [-0.4, -0.2) is 49.5 Å². The third kappa shape index (κ3) is 2.20. The van der Waals surface area contributed by atoms with Gasteiger partial charge in [-0.15, -0.1) is 0 Å². The second-order valence-electron chi connectivity index (χ2n) is 2.41. The molecule has 0 atom stereocenters. The van der Waals surface area contributed by atoms with Gasteiger partial charge in [0, 0.05) is 26.2 Å². The van der Waals surface area contributed by atoms with Crippen LogP contribution >= 0.6 is 11.9 Å². The third-order valence-corrected chi connectivity index (χ3v) is 2.60. The second-order valence-corrected chi connectivity index (χ2v) is 3.30. The molecule has 52 valence electrons. The highest BCUT2D eigenvalue weighted by Crippen LogP contribution is 2.07. The molecule has 0 aromatic rings. The molecule has 0 N–H and O–H groups in total. The van der Waals surface area contributed by atoms with Crippen LogP contribution in [0.3, 0.4) is 0 Å². The average Bonchev–Trinajstić information content (AvgIpc) is 1.90. The van der Waals surface area contributed by atoms with Crippen molar-refractivity contribution in [1.82, 2.24) is 9.12 Å². The van der Waals surface area contributed by atoms with Crippen LogP contribution in [0.15, 0.2) is 0 Å². The fourth-order valence-electron chi connectivity index (χ4n) is 0.971. The Labute approximate surface area is 62.1 Å². The summed E-state index contributed by atoms with van der Waals surface area (Å²) in [7, 11) is 2.18. The van der Waals surface area contributed by atoms with Gasteiger partial charge in [0.05, 0.1) is 0 Å². The van der Waals surface area contributed by atoms with Gasteiger partial charge in [0.1, 0.15) is 0 Å². The molecule has 0 aromatic heterocycles. The fourth-order valence-corrected chi connectivity index (χ4v) is 1.50. The number of hydrogen-bond donors (Lipinski definition) is 0. The molecular weight excluding hydrogens is 131 g/mol. The van der Waals surface area contributed by atoms with Crippen molar-refractivity contribution in [3.05, 3.63) is 0 Å². The van der Waals surface area contributed by atoms with Gasteiger partial charge in [-0.3, -0.25) is 0 Å². The highest BCUT2D eigenvalue weighted by Gasteiger charge is 2.10. The molecule has 1 heterocycles. The van der Waals surface area contributed by atoms with Crippen LogP contribution in [0.25, 0.3) is 0 Å². The number of rotatable bonds is 1. The zero-order chi connectivity index (χ0) is 6.69. The first-order chi connectivity index (χ1) is 4.33. The van der Waals surface area contributed by atoms with E-state index in [1.807, 2.05) is 11.9 Å². The first-order valence-electron chi connectivity index (χ1n) is 3.30. The molecule has 0 aliphatic carbocycles. The van der Waals surface area contributed by atoms with Gasteiger partial charge < -0.3 is 4.81 Å². The molecule has 1 aliphatic rings. The van der Waals surface area contributed by atoms with Crippen LogP contribution in [-0.2, 0) is 0 Å². The van der Waals surface area contributed by atoms with E-state index in [2.05, 4.69) is 23.4 Å². The lowest BCUT2D eigenvalue weighted by Crippen LogP contribution is -2.41. The molecule has 0 spiro atoms. The number of nitrogens with zero attached hydrogens (tertiary/aromatic N) is 2. The van der Waals surface area contributed by atoms with Gasteiger partial charge in [-0.05, 0) is 6.26 Å². The molecule has 0 radical (unpaired) electrons. The zero-order valence-electron chi connectivity index (χ0n) is 6.13. The molecule has 1 aliphatic heterocycles. The molecule has 9 heavy (non-hydrogen) atoms. The summed E-state index contributed by atoms with van der Waals surface area (Å²) >= 11 is 1.85. The van der Waals surface area contributed by atoms with Gasteiger partial charge in [0.15, 0.2) is 7.98 Å². The largest absolute Gasteiger partial charge is 0.346 e. The number of piperazine rings is 1. The van der Waals surface area contributed by atoms with Crippen LogP contribution in [0, 0.1) is 0 Å². The van der Waals surface area contributed by atoms with Crippen molar-refractivity contribution < 1.29 is 0 Å². The fraction of sp³-hybridized carbons (Fsp3) is 1.00. The molecule has 0 unspecified atom stereocenters. The summed E-state index contributed by atoms with van der Waals surface area (Å²) in [5.41, 5.74) is 0. The molecule has 1 rings (SSSR count). The van der Waals surface area contributed by atoms with Gasteiger partial charge in [-0.25, -0.2) is 4.31 Å². The van der Waals surface area contributed by atoms with Crippen molar-refractivity contribution in [3.8, 4) is 0 Å². The van der Waals surface area contributed by atoms with Gasteiger partial charge in [0.25, 0.3) is 0 Å². The van der Waals surface area contributed by atoms with E-state index < -0.39 is 0 Å². The summed E-state index contributed by atoms with van der Waals surface area (Å²) in [6, 6.07) is 0. The molecule has 0 saturated carbocycles. The molecule has 0 aromatic carbocycles. The van der Waals surface area contributed by atoms with E-state index in [4.69, 9.17) is 0 Å². The van der Waals surface area contributed by atoms with Crippen molar-refractivity contribution in [1.29, 1.82) is 0 Å². The van der Waals surface area contributed by atoms with Crippen molar-refractivity contribution in [3.63, 3.8) is 0 Å². The Morgan fingerprint density at radius 2 is 1.78 bits per heavy atom. The Balaban J connectivity index is 2.18. The topological polar surface area (TPSA) is 6.48 Å². The minimum absolute atomic E-state index is 1.22. The van der Waals surface area contributed by atoms with E-state index in [0.29, 0.717) is 0 Å². The Hall–Kier alpha value is 0.335. The lowest BCUT2D eigenvalue weighted by atomic mass is 10.2.